The van der Waals surface area contributed by atoms with Crippen LogP contribution in [0.3, 0.4) is 0 Å². The fraction of sp³-hybridized carbons (Fsp3) is 0.324. The minimum atomic E-state index is -0.664. The Morgan fingerprint density at radius 1 is 0.841 bits per heavy atom. The van der Waals surface area contributed by atoms with Gasteiger partial charge in [0.2, 0.25) is 11.8 Å². The monoisotopic (exact) mass is 595 g/mol. The van der Waals surface area contributed by atoms with E-state index in [9.17, 15) is 19.2 Å². The van der Waals surface area contributed by atoms with E-state index in [1.807, 2.05) is 12.1 Å². The van der Waals surface area contributed by atoms with Crippen LogP contribution in [0.1, 0.15) is 75.2 Å². The average Bonchev–Trinajstić information content (AvgIpc) is 3.40. The lowest BCUT2D eigenvalue weighted by Crippen LogP contribution is -2.28. The van der Waals surface area contributed by atoms with E-state index in [0.717, 1.165) is 31.1 Å². The standard InChI is InChI=1S/C34H37N5O5/c1-21(40)36-26-11-12-28(29(19-26)38-31(41)25-7-5-22(6-8-25)23-13-16-35-17-14-23)32(42)37-27-10-9-24-15-18-39(30(24)20-27)33(43)44-34(2,3)4/h9-20,22,25H,5-8H2,1-4H3,(H,36,40)(H,37,42)(H,38,41). The van der Waals surface area contributed by atoms with E-state index in [1.165, 1.54) is 17.1 Å². The highest BCUT2D eigenvalue weighted by Gasteiger charge is 2.28. The molecule has 2 aromatic carbocycles. The number of nitrogens with one attached hydrogen (secondary N) is 3. The first-order chi connectivity index (χ1) is 21.0. The summed E-state index contributed by atoms with van der Waals surface area (Å²) in [5.74, 6) is -0.693. The van der Waals surface area contributed by atoms with Crippen molar-refractivity contribution in [1.82, 2.24) is 9.55 Å². The van der Waals surface area contributed by atoms with Gasteiger partial charge in [0.05, 0.1) is 16.8 Å². The van der Waals surface area contributed by atoms with Gasteiger partial charge in [-0.1, -0.05) is 6.07 Å². The number of carbonyl (C=O) groups is 4. The number of fused-ring (bicyclic) bond motifs is 1. The lowest BCUT2D eigenvalue weighted by molar-refractivity contribution is -0.120. The highest BCUT2D eigenvalue weighted by Crippen LogP contribution is 2.36. The van der Waals surface area contributed by atoms with Crippen molar-refractivity contribution in [2.75, 3.05) is 16.0 Å². The number of pyridine rings is 1. The fourth-order valence-electron chi connectivity index (χ4n) is 5.56. The number of amides is 3. The first-order valence-electron chi connectivity index (χ1n) is 14.7. The minimum absolute atomic E-state index is 0.163. The van der Waals surface area contributed by atoms with E-state index >= 15 is 0 Å². The average molecular weight is 596 g/mol. The topological polar surface area (TPSA) is 131 Å². The van der Waals surface area contributed by atoms with E-state index in [4.69, 9.17) is 4.74 Å². The molecule has 4 aromatic rings. The van der Waals surface area contributed by atoms with E-state index in [-0.39, 0.29) is 23.3 Å². The Balaban J connectivity index is 1.34. The van der Waals surface area contributed by atoms with Gasteiger partial charge in [0, 0.05) is 48.2 Å². The number of hydrogen-bond donors (Lipinski definition) is 3. The summed E-state index contributed by atoms with van der Waals surface area (Å²) in [6.07, 6.45) is 7.90. The zero-order valence-corrected chi connectivity index (χ0v) is 25.3. The summed E-state index contributed by atoms with van der Waals surface area (Å²) in [6, 6.07) is 15.9. The Labute approximate surface area is 256 Å². The zero-order valence-electron chi connectivity index (χ0n) is 25.3. The maximum atomic E-state index is 13.6. The van der Waals surface area contributed by atoms with Crippen LogP contribution >= 0.6 is 0 Å². The van der Waals surface area contributed by atoms with Gasteiger partial charge in [0.15, 0.2) is 0 Å². The van der Waals surface area contributed by atoms with Crippen molar-refractivity contribution in [3.05, 3.63) is 84.3 Å². The molecule has 0 bridgehead atoms. The Morgan fingerprint density at radius 3 is 2.20 bits per heavy atom. The molecule has 1 aliphatic carbocycles. The van der Waals surface area contributed by atoms with Crippen LogP contribution in [0.25, 0.3) is 10.9 Å². The number of carbonyl (C=O) groups excluding carboxylic acids is 4. The van der Waals surface area contributed by atoms with Gasteiger partial charge in [-0.3, -0.25) is 23.9 Å². The molecule has 3 N–H and O–H groups in total. The van der Waals surface area contributed by atoms with Crippen molar-refractivity contribution in [1.29, 1.82) is 0 Å². The third-order valence-electron chi connectivity index (χ3n) is 7.66. The molecular weight excluding hydrogens is 558 g/mol. The molecule has 0 unspecified atom stereocenters. The lowest BCUT2D eigenvalue weighted by Gasteiger charge is -2.28. The van der Waals surface area contributed by atoms with E-state index in [2.05, 4.69) is 20.9 Å². The Bertz CT molecular complexity index is 1700. The predicted octanol–water partition coefficient (Wildman–Crippen LogP) is 6.94. The normalized spacial score (nSPS) is 16.6. The molecule has 10 heteroatoms. The van der Waals surface area contributed by atoms with Crippen LogP contribution in [0.4, 0.5) is 21.9 Å². The second kappa shape index (κ2) is 12.7. The molecule has 0 spiro atoms. The van der Waals surface area contributed by atoms with Gasteiger partial charge in [-0.2, -0.15) is 0 Å². The van der Waals surface area contributed by atoms with Crippen molar-refractivity contribution >= 4 is 51.8 Å². The van der Waals surface area contributed by atoms with Crippen LogP contribution < -0.4 is 16.0 Å². The summed E-state index contributed by atoms with van der Waals surface area (Å²) in [5.41, 5.74) is 2.61. The second-order valence-corrected chi connectivity index (χ2v) is 12.2. The number of nitrogens with zero attached hydrogens (tertiary/aromatic N) is 2. The zero-order chi connectivity index (χ0) is 31.4. The van der Waals surface area contributed by atoms with Gasteiger partial charge in [-0.15, -0.1) is 0 Å². The maximum Gasteiger partial charge on any atom is 0.418 e. The molecule has 1 fully saturated rings. The number of anilines is 3. The molecule has 0 aliphatic heterocycles. The third-order valence-corrected chi connectivity index (χ3v) is 7.66. The molecule has 228 valence electrons. The Morgan fingerprint density at radius 2 is 1.52 bits per heavy atom. The maximum absolute atomic E-state index is 13.6. The minimum Gasteiger partial charge on any atom is -0.443 e. The van der Waals surface area contributed by atoms with Gasteiger partial charge < -0.3 is 20.7 Å². The van der Waals surface area contributed by atoms with Crippen molar-refractivity contribution in [2.24, 2.45) is 5.92 Å². The van der Waals surface area contributed by atoms with Crippen LogP contribution in [0, 0.1) is 5.92 Å². The highest BCUT2D eigenvalue weighted by molar-refractivity contribution is 6.11. The van der Waals surface area contributed by atoms with Crippen molar-refractivity contribution < 1.29 is 23.9 Å². The molecule has 1 saturated carbocycles. The highest BCUT2D eigenvalue weighted by atomic mass is 16.6. The van der Waals surface area contributed by atoms with Gasteiger partial charge in [-0.25, -0.2) is 4.79 Å². The Kier molecular flexibility index (Phi) is 8.80. The number of ether oxygens (including phenoxy) is 1. The van der Waals surface area contributed by atoms with Gasteiger partial charge in [0.25, 0.3) is 5.91 Å². The smallest absolute Gasteiger partial charge is 0.418 e. The molecule has 44 heavy (non-hydrogen) atoms. The molecule has 2 aromatic heterocycles. The molecule has 3 amide bonds. The summed E-state index contributed by atoms with van der Waals surface area (Å²) in [7, 11) is 0. The van der Waals surface area contributed by atoms with E-state index < -0.39 is 17.6 Å². The fourth-order valence-corrected chi connectivity index (χ4v) is 5.56. The molecule has 1 aliphatic rings. The van der Waals surface area contributed by atoms with Crippen LogP contribution in [0.5, 0.6) is 0 Å². The SMILES string of the molecule is CC(=O)Nc1ccc(C(=O)Nc2ccc3ccn(C(=O)OC(C)(C)C)c3c2)c(NC(=O)C2CCC(c3ccncc3)CC2)c1. The quantitative estimate of drug-likeness (QED) is 0.221. The van der Waals surface area contributed by atoms with Crippen molar-refractivity contribution in [3.8, 4) is 0 Å². The number of hydrogen-bond acceptors (Lipinski definition) is 6. The summed E-state index contributed by atoms with van der Waals surface area (Å²) < 4.78 is 6.91. The molecule has 0 atom stereocenters. The van der Waals surface area contributed by atoms with Crippen LogP contribution in [0.2, 0.25) is 0 Å². The first kappa shape index (κ1) is 30.5. The first-order valence-corrected chi connectivity index (χ1v) is 14.7. The molecule has 2 heterocycles. The Hall–Kier alpha value is -4.99. The third kappa shape index (κ3) is 7.31. The summed E-state index contributed by atoms with van der Waals surface area (Å²) in [6.45, 7) is 6.78. The van der Waals surface area contributed by atoms with Crippen LogP contribution in [-0.2, 0) is 14.3 Å². The van der Waals surface area contributed by atoms with Gasteiger partial charge >= 0.3 is 6.09 Å². The number of benzene rings is 2. The summed E-state index contributed by atoms with van der Waals surface area (Å²) >= 11 is 0. The van der Waals surface area contributed by atoms with Crippen molar-refractivity contribution in [2.45, 2.75) is 64.9 Å². The van der Waals surface area contributed by atoms with Gasteiger partial charge in [-0.05, 0) is 106 Å². The predicted molar refractivity (Wildman–Crippen MR) is 170 cm³/mol. The lowest BCUT2D eigenvalue weighted by atomic mass is 9.78. The largest absolute Gasteiger partial charge is 0.443 e. The second-order valence-electron chi connectivity index (χ2n) is 12.2. The molecule has 0 saturated heterocycles. The number of aromatic nitrogens is 2. The van der Waals surface area contributed by atoms with E-state index in [1.54, 1.807) is 81.8 Å². The summed E-state index contributed by atoms with van der Waals surface area (Å²) in [4.78, 5) is 55.5. The van der Waals surface area contributed by atoms with Crippen molar-refractivity contribution in [3.63, 3.8) is 0 Å². The number of rotatable bonds is 6. The molecule has 10 nitrogen and oxygen atoms in total. The van der Waals surface area contributed by atoms with Crippen LogP contribution in [-0.4, -0.2) is 39.0 Å². The van der Waals surface area contributed by atoms with Crippen LogP contribution in [0.15, 0.2) is 73.2 Å². The molecule has 0 radical (unpaired) electrons. The van der Waals surface area contributed by atoms with E-state index in [0.29, 0.717) is 28.5 Å². The molecular formula is C34H37N5O5. The summed E-state index contributed by atoms with van der Waals surface area (Å²) in [5, 5.41) is 9.36. The van der Waals surface area contributed by atoms with Gasteiger partial charge in [0.1, 0.15) is 5.60 Å². The molecule has 5 rings (SSSR count).